The molecule has 0 saturated heterocycles. The van der Waals surface area contributed by atoms with E-state index < -0.39 is 21.8 Å². The number of benzene rings is 2. The first-order chi connectivity index (χ1) is 19.3. The van der Waals surface area contributed by atoms with E-state index in [9.17, 15) is 18.0 Å². The molecule has 0 spiro atoms. The van der Waals surface area contributed by atoms with Crippen molar-refractivity contribution in [3.63, 3.8) is 0 Å². The van der Waals surface area contributed by atoms with Gasteiger partial charge in [-0.1, -0.05) is 18.2 Å². The molecule has 0 saturated carbocycles. The van der Waals surface area contributed by atoms with Crippen molar-refractivity contribution in [1.82, 2.24) is 20.3 Å². The number of hydrogen-bond acceptors (Lipinski definition) is 9. The number of nitrogens with one attached hydrogen (secondary N) is 3. The zero-order valence-corrected chi connectivity index (χ0v) is 22.2. The summed E-state index contributed by atoms with van der Waals surface area (Å²) in [5.74, 6) is -1.03. The predicted octanol–water partition coefficient (Wildman–Crippen LogP) is 3.10. The van der Waals surface area contributed by atoms with Gasteiger partial charge in [-0.2, -0.15) is 9.97 Å². The number of carbonyl (C=O) groups is 2. The number of sulfonamides is 1. The van der Waals surface area contributed by atoms with Crippen LogP contribution in [0.5, 0.6) is 11.9 Å². The lowest BCUT2D eigenvalue weighted by atomic mass is 10.2. The highest BCUT2D eigenvalue weighted by Crippen LogP contribution is 2.22. The summed E-state index contributed by atoms with van der Waals surface area (Å²) in [6.45, 7) is 0. The summed E-state index contributed by atoms with van der Waals surface area (Å²) in [6, 6.07) is 18.5. The van der Waals surface area contributed by atoms with Crippen molar-refractivity contribution in [1.29, 1.82) is 0 Å². The Labute approximate surface area is 230 Å². The Morgan fingerprint density at radius 3 is 2.23 bits per heavy atom. The average Bonchev–Trinajstić information content (AvgIpc) is 2.97. The van der Waals surface area contributed by atoms with Gasteiger partial charge in [0.05, 0.1) is 19.1 Å². The third kappa shape index (κ3) is 7.17. The summed E-state index contributed by atoms with van der Waals surface area (Å²) in [4.78, 5) is 37.6. The largest absolute Gasteiger partial charge is 0.481 e. The molecule has 0 atom stereocenters. The fraction of sp³-hybridized carbons (Fsp3) is 0.0741. The minimum absolute atomic E-state index is 0.0231. The maximum absolute atomic E-state index is 13.1. The van der Waals surface area contributed by atoms with Crippen molar-refractivity contribution < 1.29 is 27.5 Å². The lowest BCUT2D eigenvalue weighted by Gasteiger charge is -2.12. The summed E-state index contributed by atoms with van der Waals surface area (Å²) in [6.07, 6.45) is 4.62. The maximum atomic E-state index is 13.1. The molecule has 2 amide bonds. The molecule has 2 aromatic heterocycles. The third-order valence-corrected chi connectivity index (χ3v) is 6.65. The fourth-order valence-electron chi connectivity index (χ4n) is 3.33. The Bertz CT molecular complexity index is 1610. The number of aromatic nitrogens is 3. The number of methoxy groups -OCH3 is 2. The predicted molar refractivity (Wildman–Crippen MR) is 147 cm³/mol. The second-order valence-electron chi connectivity index (χ2n) is 8.02. The van der Waals surface area contributed by atoms with Crippen molar-refractivity contribution in [2.45, 2.75) is 4.90 Å². The number of ether oxygens (including phenoxy) is 2. The Hall–Kier alpha value is -5.30. The Kier molecular flexibility index (Phi) is 8.66. The first kappa shape index (κ1) is 27.7. The highest BCUT2D eigenvalue weighted by Gasteiger charge is 2.18. The van der Waals surface area contributed by atoms with Gasteiger partial charge in [-0.05, 0) is 60.2 Å². The average molecular weight is 561 g/mol. The van der Waals surface area contributed by atoms with Crippen LogP contribution in [0.1, 0.15) is 15.9 Å². The van der Waals surface area contributed by atoms with Gasteiger partial charge in [0.25, 0.3) is 21.8 Å². The molecule has 0 bridgehead atoms. The minimum Gasteiger partial charge on any atom is -0.481 e. The quantitative estimate of drug-likeness (QED) is 0.248. The molecule has 0 aliphatic rings. The SMILES string of the molecule is COc1cc(NS(=O)(=O)c2ccc(NC(=O)/C(=C/c3ccncc3)NC(=O)c3ccccc3)cc2)nc(OC)n1. The summed E-state index contributed by atoms with van der Waals surface area (Å²) < 4.78 is 38.1. The summed E-state index contributed by atoms with van der Waals surface area (Å²) >= 11 is 0. The van der Waals surface area contributed by atoms with E-state index in [0.29, 0.717) is 16.8 Å². The van der Waals surface area contributed by atoms with E-state index in [4.69, 9.17) is 9.47 Å². The van der Waals surface area contributed by atoms with Crippen LogP contribution >= 0.6 is 0 Å². The van der Waals surface area contributed by atoms with Gasteiger partial charge in [-0.15, -0.1) is 0 Å². The zero-order valence-electron chi connectivity index (χ0n) is 21.4. The topological polar surface area (TPSA) is 162 Å². The maximum Gasteiger partial charge on any atom is 0.321 e. The molecule has 0 fully saturated rings. The zero-order chi connectivity index (χ0) is 28.5. The number of anilines is 2. The summed E-state index contributed by atoms with van der Waals surface area (Å²) in [7, 11) is -1.34. The molecule has 40 heavy (non-hydrogen) atoms. The molecule has 204 valence electrons. The van der Waals surface area contributed by atoms with Crippen molar-refractivity contribution >= 4 is 39.4 Å². The van der Waals surface area contributed by atoms with Crippen LogP contribution in [0.4, 0.5) is 11.5 Å². The van der Waals surface area contributed by atoms with Crippen LogP contribution in [0.2, 0.25) is 0 Å². The number of carbonyl (C=O) groups excluding carboxylic acids is 2. The van der Waals surface area contributed by atoms with E-state index in [1.807, 2.05) is 0 Å². The molecule has 12 nitrogen and oxygen atoms in total. The van der Waals surface area contributed by atoms with Crippen LogP contribution in [0.3, 0.4) is 0 Å². The molecule has 13 heteroatoms. The molecule has 0 aliphatic carbocycles. The first-order valence-corrected chi connectivity index (χ1v) is 13.1. The van der Waals surface area contributed by atoms with E-state index >= 15 is 0 Å². The fourth-order valence-corrected chi connectivity index (χ4v) is 4.33. The van der Waals surface area contributed by atoms with Crippen molar-refractivity contribution in [2.24, 2.45) is 0 Å². The Morgan fingerprint density at radius 2 is 1.57 bits per heavy atom. The third-order valence-electron chi connectivity index (χ3n) is 5.28. The van der Waals surface area contributed by atoms with Gasteiger partial charge < -0.3 is 20.1 Å². The van der Waals surface area contributed by atoms with Crippen LogP contribution < -0.4 is 24.8 Å². The Morgan fingerprint density at radius 1 is 0.875 bits per heavy atom. The molecular formula is C27H24N6O6S. The second kappa shape index (κ2) is 12.5. The molecule has 0 radical (unpaired) electrons. The van der Waals surface area contributed by atoms with E-state index in [1.165, 1.54) is 50.6 Å². The van der Waals surface area contributed by atoms with Crippen molar-refractivity contribution in [2.75, 3.05) is 24.3 Å². The number of amides is 2. The van der Waals surface area contributed by atoms with Crippen molar-refractivity contribution in [3.8, 4) is 11.9 Å². The van der Waals surface area contributed by atoms with Crippen LogP contribution in [0.25, 0.3) is 6.08 Å². The molecule has 2 aromatic carbocycles. The molecular weight excluding hydrogens is 536 g/mol. The van der Waals surface area contributed by atoms with E-state index in [0.717, 1.165) is 0 Å². The lowest BCUT2D eigenvalue weighted by molar-refractivity contribution is -0.113. The van der Waals surface area contributed by atoms with Crippen LogP contribution in [0, 0.1) is 0 Å². The highest BCUT2D eigenvalue weighted by atomic mass is 32.2. The summed E-state index contributed by atoms with van der Waals surface area (Å²) in [5.41, 5.74) is 1.28. The number of pyridine rings is 1. The van der Waals surface area contributed by atoms with Gasteiger partial charge in [-0.25, -0.2) is 8.42 Å². The summed E-state index contributed by atoms with van der Waals surface area (Å²) in [5, 5.41) is 5.31. The van der Waals surface area contributed by atoms with Gasteiger partial charge in [0, 0.05) is 29.7 Å². The van der Waals surface area contributed by atoms with E-state index in [2.05, 4.69) is 30.3 Å². The van der Waals surface area contributed by atoms with Gasteiger partial charge in [0.2, 0.25) is 5.88 Å². The van der Waals surface area contributed by atoms with Gasteiger partial charge >= 0.3 is 6.01 Å². The minimum atomic E-state index is -4.05. The number of nitrogens with zero attached hydrogens (tertiary/aromatic N) is 3. The molecule has 3 N–H and O–H groups in total. The lowest BCUT2D eigenvalue weighted by Crippen LogP contribution is -2.30. The van der Waals surface area contributed by atoms with Crippen LogP contribution in [-0.2, 0) is 14.8 Å². The Balaban J connectivity index is 1.52. The van der Waals surface area contributed by atoms with E-state index in [-0.39, 0.29) is 28.3 Å². The highest BCUT2D eigenvalue weighted by molar-refractivity contribution is 7.92. The van der Waals surface area contributed by atoms with Crippen molar-refractivity contribution in [3.05, 3.63) is 102 Å². The van der Waals surface area contributed by atoms with E-state index in [1.54, 1.807) is 54.9 Å². The second-order valence-corrected chi connectivity index (χ2v) is 9.71. The number of hydrogen-bond donors (Lipinski definition) is 3. The molecule has 0 unspecified atom stereocenters. The monoisotopic (exact) mass is 560 g/mol. The van der Waals surface area contributed by atoms with Crippen LogP contribution in [0.15, 0.2) is 95.8 Å². The van der Waals surface area contributed by atoms with Gasteiger partial charge in [0.15, 0.2) is 5.82 Å². The normalized spacial score (nSPS) is 11.3. The van der Waals surface area contributed by atoms with Crippen LogP contribution in [-0.4, -0.2) is 49.4 Å². The standard InChI is InChI=1S/C27H24N6O6S/c1-38-24-17-23(31-27(32-24)39-2)33-40(36,37)21-10-8-20(9-11-21)29-26(35)22(16-18-12-14-28-15-13-18)30-25(34)19-6-4-3-5-7-19/h3-17H,1-2H3,(H,29,35)(H,30,34)(H,31,32,33)/b22-16-. The van der Waals surface area contributed by atoms with Gasteiger partial charge in [0.1, 0.15) is 5.70 Å². The van der Waals surface area contributed by atoms with Gasteiger partial charge in [-0.3, -0.25) is 19.3 Å². The molecule has 0 aliphatic heterocycles. The molecule has 2 heterocycles. The molecule has 4 rings (SSSR count). The number of rotatable bonds is 10. The first-order valence-electron chi connectivity index (χ1n) is 11.7. The smallest absolute Gasteiger partial charge is 0.321 e. The molecule has 4 aromatic rings.